The predicted octanol–water partition coefficient (Wildman–Crippen LogP) is 1.40. The number of nitrogens with two attached hydrogens (primary N) is 1. The van der Waals surface area contributed by atoms with Crippen molar-refractivity contribution in [2.24, 2.45) is 7.05 Å². The first-order chi connectivity index (χ1) is 9.02. The van der Waals surface area contributed by atoms with Crippen LogP contribution in [0.5, 0.6) is 5.75 Å². The predicted molar refractivity (Wildman–Crippen MR) is 68.5 cm³/mol. The fraction of sp³-hybridized carbons (Fsp3) is 0.167. The summed E-state index contributed by atoms with van der Waals surface area (Å²) < 4.78 is 19.6. The number of carbonyl (C=O) groups is 1. The Bertz CT molecular complexity index is 624. The van der Waals surface area contributed by atoms with E-state index in [4.69, 9.17) is 10.5 Å². The first kappa shape index (κ1) is 12.9. The Labute approximate surface area is 109 Å². The van der Waals surface area contributed by atoms with Crippen molar-refractivity contribution in [3.8, 4) is 5.75 Å². The number of aromatic nitrogens is 2. The van der Waals surface area contributed by atoms with E-state index in [0.717, 1.165) is 0 Å². The number of nitrogens with zero attached hydrogens (tertiary/aromatic N) is 2. The largest absolute Gasteiger partial charge is 0.494 e. The monoisotopic (exact) mass is 264 g/mol. The number of methoxy groups -OCH3 is 1. The summed E-state index contributed by atoms with van der Waals surface area (Å²) in [5.74, 6) is -0.653. The van der Waals surface area contributed by atoms with Crippen LogP contribution in [0.15, 0.2) is 24.4 Å². The standard InChI is InChI=1S/C12H13FN4O2/c1-17-11(14)8(6-15-17)12(18)16-7-3-4-10(19-2)9(13)5-7/h3-6H,14H2,1-2H3,(H,16,18). The lowest BCUT2D eigenvalue weighted by molar-refractivity contribution is 0.102. The molecule has 0 spiro atoms. The Morgan fingerprint density at radius 2 is 2.26 bits per heavy atom. The lowest BCUT2D eigenvalue weighted by Gasteiger charge is -2.07. The Balaban J connectivity index is 2.19. The average molecular weight is 264 g/mol. The lowest BCUT2D eigenvalue weighted by atomic mass is 10.2. The molecule has 100 valence electrons. The Kier molecular flexibility index (Phi) is 3.37. The van der Waals surface area contributed by atoms with Gasteiger partial charge in [-0.1, -0.05) is 0 Å². The third-order valence-electron chi connectivity index (χ3n) is 2.64. The van der Waals surface area contributed by atoms with Crippen LogP contribution >= 0.6 is 0 Å². The molecule has 3 N–H and O–H groups in total. The third-order valence-corrected chi connectivity index (χ3v) is 2.64. The molecule has 1 aromatic heterocycles. The van der Waals surface area contributed by atoms with Crippen molar-refractivity contribution in [1.82, 2.24) is 9.78 Å². The van der Waals surface area contributed by atoms with Gasteiger partial charge in [0, 0.05) is 18.8 Å². The normalized spacial score (nSPS) is 10.3. The first-order valence-corrected chi connectivity index (χ1v) is 5.45. The number of aryl methyl sites for hydroxylation is 1. The molecule has 2 rings (SSSR count). The van der Waals surface area contributed by atoms with E-state index in [9.17, 15) is 9.18 Å². The van der Waals surface area contributed by atoms with Crippen LogP contribution in [0.2, 0.25) is 0 Å². The van der Waals surface area contributed by atoms with Gasteiger partial charge in [-0.15, -0.1) is 0 Å². The van der Waals surface area contributed by atoms with Crippen LogP contribution in [0.1, 0.15) is 10.4 Å². The minimum absolute atomic E-state index is 0.110. The average Bonchev–Trinajstić information content (AvgIpc) is 2.70. The summed E-state index contributed by atoms with van der Waals surface area (Å²) in [6, 6.07) is 4.13. The van der Waals surface area contributed by atoms with E-state index in [2.05, 4.69) is 10.4 Å². The highest BCUT2D eigenvalue weighted by Gasteiger charge is 2.14. The molecule has 0 atom stereocenters. The van der Waals surface area contributed by atoms with Crippen LogP contribution in [-0.4, -0.2) is 22.8 Å². The molecule has 0 fully saturated rings. The molecule has 1 heterocycles. The van der Waals surface area contributed by atoms with E-state index < -0.39 is 11.7 Å². The number of ether oxygens (including phenoxy) is 1. The number of nitrogen functional groups attached to an aromatic ring is 1. The number of nitrogens with one attached hydrogen (secondary N) is 1. The van der Waals surface area contributed by atoms with Gasteiger partial charge in [0.15, 0.2) is 11.6 Å². The van der Waals surface area contributed by atoms with Crippen LogP contribution in [0, 0.1) is 5.82 Å². The maximum atomic E-state index is 13.5. The van der Waals surface area contributed by atoms with Crippen LogP contribution in [0.3, 0.4) is 0 Å². The molecule has 0 radical (unpaired) electrons. The van der Waals surface area contributed by atoms with Crippen LogP contribution < -0.4 is 15.8 Å². The number of hydrogen-bond acceptors (Lipinski definition) is 4. The molecule has 0 bridgehead atoms. The van der Waals surface area contributed by atoms with Crippen LogP contribution in [0.4, 0.5) is 15.9 Å². The quantitative estimate of drug-likeness (QED) is 0.878. The molecule has 7 heteroatoms. The van der Waals surface area contributed by atoms with Gasteiger partial charge in [0.25, 0.3) is 5.91 Å². The maximum Gasteiger partial charge on any atom is 0.261 e. The zero-order chi connectivity index (χ0) is 14.0. The molecule has 0 aliphatic rings. The van der Waals surface area contributed by atoms with E-state index in [-0.39, 0.29) is 17.1 Å². The number of halogens is 1. The smallest absolute Gasteiger partial charge is 0.261 e. The highest BCUT2D eigenvalue weighted by atomic mass is 19.1. The van der Waals surface area contributed by atoms with Gasteiger partial charge >= 0.3 is 0 Å². The molecule has 0 unspecified atom stereocenters. The molecule has 19 heavy (non-hydrogen) atoms. The van der Waals surface area contributed by atoms with E-state index in [1.165, 1.54) is 36.2 Å². The Morgan fingerprint density at radius 1 is 1.53 bits per heavy atom. The zero-order valence-electron chi connectivity index (χ0n) is 10.5. The fourth-order valence-corrected chi connectivity index (χ4v) is 1.56. The minimum atomic E-state index is -0.556. The van der Waals surface area contributed by atoms with Gasteiger partial charge in [0.2, 0.25) is 0 Å². The summed E-state index contributed by atoms with van der Waals surface area (Å²) in [6.45, 7) is 0. The highest BCUT2D eigenvalue weighted by Crippen LogP contribution is 2.21. The number of amides is 1. The van der Waals surface area contributed by atoms with E-state index in [1.54, 1.807) is 7.05 Å². The van der Waals surface area contributed by atoms with Gasteiger partial charge in [-0.05, 0) is 12.1 Å². The van der Waals surface area contributed by atoms with Gasteiger partial charge in [0.05, 0.1) is 13.3 Å². The fourth-order valence-electron chi connectivity index (χ4n) is 1.56. The first-order valence-electron chi connectivity index (χ1n) is 5.45. The summed E-state index contributed by atoms with van der Waals surface area (Å²) in [7, 11) is 2.99. The molecule has 0 aliphatic carbocycles. The van der Waals surface area contributed by atoms with Gasteiger partial charge in [-0.2, -0.15) is 5.10 Å². The van der Waals surface area contributed by atoms with Crippen molar-refractivity contribution in [3.05, 3.63) is 35.8 Å². The van der Waals surface area contributed by atoms with Crippen molar-refractivity contribution >= 4 is 17.4 Å². The summed E-state index contributed by atoms with van der Waals surface area (Å²) >= 11 is 0. The second-order valence-corrected chi connectivity index (χ2v) is 3.87. The molecular weight excluding hydrogens is 251 g/mol. The zero-order valence-corrected chi connectivity index (χ0v) is 10.5. The molecule has 0 saturated heterocycles. The molecule has 1 aromatic carbocycles. The van der Waals surface area contributed by atoms with Crippen molar-refractivity contribution in [2.45, 2.75) is 0 Å². The van der Waals surface area contributed by atoms with E-state index in [0.29, 0.717) is 5.69 Å². The SMILES string of the molecule is COc1ccc(NC(=O)c2cnn(C)c2N)cc1F. The number of anilines is 2. The van der Waals surface area contributed by atoms with Gasteiger partial charge in [-0.3, -0.25) is 9.48 Å². The molecule has 0 aliphatic heterocycles. The van der Waals surface area contributed by atoms with Crippen LogP contribution in [-0.2, 0) is 7.05 Å². The van der Waals surface area contributed by atoms with E-state index >= 15 is 0 Å². The molecule has 2 aromatic rings. The number of carbonyl (C=O) groups excluding carboxylic acids is 1. The highest BCUT2D eigenvalue weighted by molar-refractivity contribution is 6.07. The minimum Gasteiger partial charge on any atom is -0.494 e. The third kappa shape index (κ3) is 2.49. The second kappa shape index (κ2) is 4.97. The Morgan fingerprint density at radius 3 is 2.79 bits per heavy atom. The van der Waals surface area contributed by atoms with Crippen molar-refractivity contribution in [3.63, 3.8) is 0 Å². The molecule has 0 saturated carbocycles. The molecular formula is C12H13FN4O2. The summed E-state index contributed by atoms with van der Waals surface area (Å²) in [5.41, 5.74) is 6.22. The van der Waals surface area contributed by atoms with Crippen LogP contribution in [0.25, 0.3) is 0 Å². The number of hydrogen-bond donors (Lipinski definition) is 2. The topological polar surface area (TPSA) is 82.2 Å². The number of benzene rings is 1. The van der Waals surface area contributed by atoms with Crippen molar-refractivity contribution in [1.29, 1.82) is 0 Å². The lowest BCUT2D eigenvalue weighted by Crippen LogP contribution is -2.14. The van der Waals surface area contributed by atoms with Crippen molar-refractivity contribution in [2.75, 3.05) is 18.2 Å². The maximum absolute atomic E-state index is 13.5. The molecule has 6 nitrogen and oxygen atoms in total. The number of rotatable bonds is 3. The van der Waals surface area contributed by atoms with Gasteiger partial charge in [-0.25, -0.2) is 4.39 Å². The summed E-state index contributed by atoms with van der Waals surface area (Å²) in [6.07, 6.45) is 1.35. The molecule has 1 amide bonds. The summed E-state index contributed by atoms with van der Waals surface area (Å²) in [4.78, 5) is 11.9. The van der Waals surface area contributed by atoms with E-state index in [1.807, 2.05) is 0 Å². The summed E-state index contributed by atoms with van der Waals surface area (Å²) in [5, 5.41) is 6.40. The van der Waals surface area contributed by atoms with Gasteiger partial charge in [0.1, 0.15) is 11.4 Å². The Hall–Kier alpha value is -2.57. The van der Waals surface area contributed by atoms with Crippen molar-refractivity contribution < 1.29 is 13.9 Å². The van der Waals surface area contributed by atoms with Gasteiger partial charge < -0.3 is 15.8 Å². The second-order valence-electron chi connectivity index (χ2n) is 3.87.